The van der Waals surface area contributed by atoms with Crippen LogP contribution in [-0.2, 0) is 27.2 Å². The molecule has 4 aromatic heterocycles. The fourth-order valence-corrected chi connectivity index (χ4v) is 13.1. The summed E-state index contributed by atoms with van der Waals surface area (Å²) < 4.78 is 31.0. The fourth-order valence-electron chi connectivity index (χ4n) is 12.3. The van der Waals surface area contributed by atoms with Crippen molar-refractivity contribution < 1.29 is 37.9 Å². The number of carbonyl (C=O) groups is 5. The predicted octanol–water partition coefficient (Wildman–Crippen LogP) is 7.00. The van der Waals surface area contributed by atoms with Crippen LogP contribution in [0.15, 0.2) is 90.8 Å². The molecule has 0 radical (unpaired) electrons. The minimum absolute atomic E-state index is 0.0432. The lowest BCUT2D eigenvalue weighted by Crippen LogP contribution is -2.58. The summed E-state index contributed by atoms with van der Waals surface area (Å²) in [6, 6.07) is 18.7. The number of aryl methyl sites for hydroxylation is 1. The number of likely N-dealkylation sites (tertiary alicyclic amines) is 2. The Hall–Kier alpha value is -7.39. The number of aromatic amines is 1. The highest BCUT2D eigenvalue weighted by Gasteiger charge is 2.78. The molecule has 7 heterocycles. The number of fused-ring (bicyclic) bond motifs is 2. The van der Waals surface area contributed by atoms with Crippen LogP contribution in [0.25, 0.3) is 10.4 Å². The van der Waals surface area contributed by atoms with E-state index in [0.717, 1.165) is 32.9 Å². The molecule has 6 aromatic rings. The van der Waals surface area contributed by atoms with Gasteiger partial charge in [-0.2, -0.15) is 10.2 Å². The molecule has 2 aliphatic carbocycles. The van der Waals surface area contributed by atoms with Gasteiger partial charge in [0.1, 0.15) is 17.8 Å². The summed E-state index contributed by atoms with van der Waals surface area (Å²) in [4.78, 5) is 84.8. The van der Waals surface area contributed by atoms with Crippen LogP contribution in [0.3, 0.4) is 0 Å². The Bertz CT molecular complexity index is 3270. The smallest absolute Gasteiger partial charge is 0.276 e. The summed E-state index contributed by atoms with van der Waals surface area (Å²) in [6.45, 7) is 13.1. The molecule has 414 valence electrons. The van der Waals surface area contributed by atoms with Crippen molar-refractivity contribution in [3.05, 3.63) is 130 Å². The first-order chi connectivity index (χ1) is 37.7. The number of carbonyl (C=O) groups excluding carboxylic acids is 5. The van der Waals surface area contributed by atoms with Crippen LogP contribution in [-0.4, -0.2) is 131 Å². The number of piperidine rings is 1. The zero-order valence-corrected chi connectivity index (χ0v) is 45.9. The molecule has 11 rings (SSSR count). The van der Waals surface area contributed by atoms with Gasteiger partial charge in [-0.25, -0.2) is 18.7 Å². The summed E-state index contributed by atoms with van der Waals surface area (Å²) in [5, 5.41) is 31.3. The molecule has 3 unspecified atom stereocenters. The number of anilines is 2. The average molecular weight is 1100 g/mol. The summed E-state index contributed by atoms with van der Waals surface area (Å²) in [5.74, 6) is -5.51. The van der Waals surface area contributed by atoms with Crippen molar-refractivity contribution in [2.45, 2.75) is 110 Å². The van der Waals surface area contributed by atoms with Crippen molar-refractivity contribution in [1.29, 1.82) is 0 Å². The standard InChI is InChI=1S/C58H66F2N12O6S/c1-32(34-12-14-36(15-13-34)49-33(2)62-31-79-49)64-52(75)45-22-41(73)30-71(45)55(78)50(56(3,4)5)66-51(74)43-17-16-40(26-61-43)69-20-18-37(19-21-69)54(77)70-27-38(28-70)48(35-10-8-7-9-11-35)72-29-39(25-63-72)65-53(76)47-42-23-46-57(6,58(46,59)60)24-44(42)67-68-47/h7-17,25-26,29,31-32,37-38,41,45-46,48,50,73H,18-24,27-28,30H2,1-6H3,(H,64,75)(H,65,76)(H,66,74)(H,67,68)/t32?,41-,45+,46+,48?,50?,57-/m1/s1. The molecule has 0 bridgehead atoms. The van der Waals surface area contributed by atoms with Gasteiger partial charge in [0, 0.05) is 86.2 Å². The molecule has 1 saturated carbocycles. The molecule has 5 amide bonds. The van der Waals surface area contributed by atoms with E-state index in [0.29, 0.717) is 56.0 Å². The van der Waals surface area contributed by atoms with Crippen LogP contribution in [0.2, 0.25) is 0 Å². The van der Waals surface area contributed by atoms with E-state index in [1.807, 2.05) is 110 Å². The normalized spacial score (nSPS) is 22.9. The number of rotatable bonds is 14. The highest BCUT2D eigenvalue weighted by Crippen LogP contribution is 2.70. The SMILES string of the molecule is Cc1ncsc1-c1ccc(C(C)NC(=O)[C@@H]2C[C@@H](O)CN2C(=O)C(NC(=O)c2ccc(N3CCC(C(=O)N4CC(C(c5ccccc5)n5cc(NC(=O)c6n[nH]c7c6C[C@@H]6C(F)(F)[C@]6(C)C7)cn5)C4)CC3)cn2)C(C)(C)C)cc1. The molecule has 79 heavy (non-hydrogen) atoms. The third-order valence-corrected chi connectivity index (χ3v) is 18.2. The zero-order valence-electron chi connectivity index (χ0n) is 45.1. The number of aliphatic hydroxyl groups is 1. The van der Waals surface area contributed by atoms with Gasteiger partial charge in [-0.1, -0.05) is 82.3 Å². The van der Waals surface area contributed by atoms with Crippen LogP contribution in [0.5, 0.6) is 0 Å². The Kier molecular flexibility index (Phi) is 14.0. The van der Waals surface area contributed by atoms with E-state index >= 15 is 0 Å². The Morgan fingerprint density at radius 3 is 2.30 bits per heavy atom. The van der Waals surface area contributed by atoms with Gasteiger partial charge in [0.25, 0.3) is 17.7 Å². The molecule has 3 saturated heterocycles. The number of benzene rings is 2. The number of thiazole rings is 1. The Morgan fingerprint density at radius 2 is 1.63 bits per heavy atom. The summed E-state index contributed by atoms with van der Waals surface area (Å²) in [5.41, 5.74) is 6.41. The number of aliphatic hydroxyl groups excluding tert-OH is 1. The van der Waals surface area contributed by atoms with Crippen LogP contribution < -0.4 is 20.9 Å². The third kappa shape index (κ3) is 10.2. The summed E-state index contributed by atoms with van der Waals surface area (Å²) in [7, 11) is 0. The lowest BCUT2D eigenvalue weighted by molar-refractivity contribution is -0.143. The third-order valence-electron chi connectivity index (χ3n) is 17.2. The second-order valence-electron chi connectivity index (χ2n) is 23.5. The summed E-state index contributed by atoms with van der Waals surface area (Å²) in [6.07, 6.45) is 5.60. The maximum atomic E-state index is 14.6. The number of amides is 5. The Balaban J connectivity index is 0.667. The van der Waals surface area contributed by atoms with Gasteiger partial charge in [-0.05, 0) is 67.3 Å². The number of nitrogens with one attached hydrogen (secondary N) is 4. The molecule has 3 aliphatic heterocycles. The average Bonchev–Trinajstić information content (AvgIpc) is 2.37. The van der Waals surface area contributed by atoms with Gasteiger partial charge in [0.15, 0.2) is 5.69 Å². The number of hydrogen-bond donors (Lipinski definition) is 5. The quantitative estimate of drug-likeness (QED) is 0.0747. The first kappa shape index (κ1) is 53.6. The van der Waals surface area contributed by atoms with E-state index in [1.165, 1.54) is 4.90 Å². The fraction of sp³-hybridized carbons (Fsp3) is 0.466. The number of β-amino-alcohol motifs (C(OH)–C–C–N with tert-alkyl or cyclic N) is 1. The van der Waals surface area contributed by atoms with Gasteiger partial charge >= 0.3 is 0 Å². The number of hydrogen-bond acceptors (Lipinski definition) is 12. The van der Waals surface area contributed by atoms with Gasteiger partial charge in [0.2, 0.25) is 17.7 Å². The van der Waals surface area contributed by atoms with E-state index in [2.05, 4.69) is 46.1 Å². The van der Waals surface area contributed by atoms with E-state index in [-0.39, 0.29) is 67.0 Å². The number of H-pyrrole nitrogens is 1. The predicted molar refractivity (Wildman–Crippen MR) is 292 cm³/mol. The van der Waals surface area contributed by atoms with E-state index in [9.17, 15) is 37.9 Å². The maximum Gasteiger partial charge on any atom is 0.276 e. The minimum atomic E-state index is -2.77. The van der Waals surface area contributed by atoms with Gasteiger partial charge < -0.3 is 35.8 Å². The summed E-state index contributed by atoms with van der Waals surface area (Å²) >= 11 is 1.57. The molecular weight excluding hydrogens is 1030 g/mol. The van der Waals surface area contributed by atoms with Crippen molar-refractivity contribution in [3.63, 3.8) is 0 Å². The molecular formula is C58H66F2N12O6S. The van der Waals surface area contributed by atoms with Crippen molar-refractivity contribution in [1.82, 2.24) is 50.4 Å². The zero-order chi connectivity index (χ0) is 55.7. The number of alkyl halides is 2. The minimum Gasteiger partial charge on any atom is -0.391 e. The van der Waals surface area contributed by atoms with E-state index in [1.54, 1.807) is 42.9 Å². The molecule has 2 aromatic carbocycles. The van der Waals surface area contributed by atoms with Gasteiger partial charge in [0.05, 0.1) is 58.0 Å². The van der Waals surface area contributed by atoms with Crippen molar-refractivity contribution in [3.8, 4) is 10.4 Å². The molecule has 21 heteroatoms. The molecule has 5 N–H and O–H groups in total. The van der Waals surface area contributed by atoms with Crippen molar-refractivity contribution in [2.75, 3.05) is 42.9 Å². The maximum absolute atomic E-state index is 14.6. The molecule has 4 fully saturated rings. The Labute approximate surface area is 460 Å². The number of pyridine rings is 1. The van der Waals surface area contributed by atoms with Gasteiger partial charge in [-0.3, -0.25) is 33.8 Å². The van der Waals surface area contributed by atoms with Crippen LogP contribution >= 0.6 is 11.3 Å². The van der Waals surface area contributed by atoms with Crippen molar-refractivity contribution in [2.24, 2.45) is 28.6 Å². The first-order valence-corrected chi connectivity index (χ1v) is 28.0. The second-order valence-corrected chi connectivity index (χ2v) is 24.3. The van der Waals surface area contributed by atoms with E-state index < -0.39 is 64.5 Å². The van der Waals surface area contributed by atoms with Crippen LogP contribution in [0, 0.1) is 35.5 Å². The van der Waals surface area contributed by atoms with E-state index in [4.69, 9.17) is 0 Å². The monoisotopic (exact) mass is 1100 g/mol. The van der Waals surface area contributed by atoms with Gasteiger partial charge in [-0.15, -0.1) is 11.3 Å². The van der Waals surface area contributed by atoms with Crippen LogP contribution in [0.1, 0.15) is 115 Å². The largest absolute Gasteiger partial charge is 0.391 e. The van der Waals surface area contributed by atoms with Crippen LogP contribution in [0.4, 0.5) is 20.2 Å². The highest BCUT2D eigenvalue weighted by atomic mass is 32.1. The molecule has 0 spiro atoms. The molecule has 5 aliphatic rings. The number of aromatic nitrogens is 6. The first-order valence-electron chi connectivity index (χ1n) is 27.1. The molecule has 18 nitrogen and oxygen atoms in total. The highest BCUT2D eigenvalue weighted by molar-refractivity contribution is 7.13. The number of halogens is 2. The lowest BCUT2D eigenvalue weighted by Gasteiger charge is -2.45. The molecule has 7 atom stereocenters. The number of nitrogens with zero attached hydrogens (tertiary/aromatic N) is 8. The second kappa shape index (κ2) is 20.7. The van der Waals surface area contributed by atoms with Crippen molar-refractivity contribution >= 4 is 52.2 Å². The Morgan fingerprint density at radius 1 is 0.899 bits per heavy atom. The lowest BCUT2D eigenvalue weighted by atomic mass is 9.85. The topological polar surface area (TPSA) is 224 Å².